The first-order valence-corrected chi connectivity index (χ1v) is 17.2. The topological polar surface area (TPSA) is 127 Å². The summed E-state index contributed by atoms with van der Waals surface area (Å²) in [5.41, 5.74) is 1.13. The van der Waals surface area contributed by atoms with Crippen LogP contribution < -0.4 is 0 Å². The molecule has 11 heteroatoms. The van der Waals surface area contributed by atoms with Gasteiger partial charge in [-0.15, -0.1) is 0 Å². The average Bonchev–Trinajstić information content (AvgIpc) is 3.04. The van der Waals surface area contributed by atoms with Crippen LogP contribution in [0.15, 0.2) is 45.3 Å². The third-order valence-corrected chi connectivity index (χ3v) is 9.88. The Labute approximate surface area is 286 Å². The predicted molar refractivity (Wildman–Crippen MR) is 186 cm³/mol. The zero-order chi connectivity index (χ0) is 33.6. The van der Waals surface area contributed by atoms with Crippen LogP contribution in [0.25, 0.3) is 43.1 Å². The summed E-state index contributed by atoms with van der Waals surface area (Å²) in [7, 11) is 0. The number of nitrogens with zero attached hydrogens (tertiary/aromatic N) is 1. The van der Waals surface area contributed by atoms with Crippen molar-refractivity contribution in [2.45, 2.75) is 52.4 Å². The molecule has 5 aromatic carbocycles. The number of halogens is 2. The van der Waals surface area contributed by atoms with Crippen molar-refractivity contribution in [2.24, 2.45) is 0 Å². The van der Waals surface area contributed by atoms with Crippen molar-refractivity contribution in [3.8, 4) is 0 Å². The number of hydrogen-bond acceptors (Lipinski definition) is 7. The maximum atomic E-state index is 13.8. The van der Waals surface area contributed by atoms with Crippen LogP contribution in [0.4, 0.5) is 0 Å². The number of ether oxygens (including phenoxy) is 2. The minimum absolute atomic E-state index is 0.0199. The lowest BCUT2D eigenvalue weighted by Crippen LogP contribution is -2.41. The molecular formula is C36H31Br2NO8. The molecule has 0 aliphatic carbocycles. The molecule has 0 fully saturated rings. The van der Waals surface area contributed by atoms with E-state index < -0.39 is 29.7 Å². The van der Waals surface area contributed by atoms with Crippen LogP contribution in [0.1, 0.15) is 93.8 Å². The molecule has 0 atom stereocenters. The molecule has 0 radical (unpaired) electrons. The molecule has 1 heterocycles. The van der Waals surface area contributed by atoms with Gasteiger partial charge in [-0.3, -0.25) is 19.3 Å². The van der Waals surface area contributed by atoms with E-state index in [0.29, 0.717) is 76.0 Å². The largest absolute Gasteiger partial charge is 0.481 e. The van der Waals surface area contributed by atoms with Gasteiger partial charge >= 0.3 is 17.9 Å². The smallest absolute Gasteiger partial charge is 0.338 e. The van der Waals surface area contributed by atoms with Crippen LogP contribution in [0.3, 0.4) is 0 Å². The Kier molecular flexibility index (Phi) is 9.22. The van der Waals surface area contributed by atoms with Gasteiger partial charge in [0.1, 0.15) is 0 Å². The molecule has 47 heavy (non-hydrogen) atoms. The van der Waals surface area contributed by atoms with Crippen LogP contribution in [0.2, 0.25) is 0 Å². The molecular weight excluding hydrogens is 734 g/mol. The van der Waals surface area contributed by atoms with Crippen molar-refractivity contribution < 1.29 is 38.6 Å². The van der Waals surface area contributed by atoms with E-state index in [0.717, 1.165) is 17.7 Å². The SMILES string of the molecule is CCCCOC(=O)c1ccc2c3c(Br)cc4c5c(ccc(c6c(Br)cc(C(=O)OCCCC)c1c26)c53)C(=O)N(CCCC(=O)O)C4=O. The van der Waals surface area contributed by atoms with Gasteiger partial charge in [0.05, 0.1) is 24.3 Å². The first-order valence-electron chi connectivity index (χ1n) is 15.6. The number of esters is 2. The number of carboxylic acid groups (broad SMARTS) is 1. The molecule has 0 spiro atoms. The number of benzene rings is 5. The molecule has 1 aliphatic rings. The van der Waals surface area contributed by atoms with Gasteiger partial charge in [0.15, 0.2) is 0 Å². The molecule has 0 aromatic heterocycles. The van der Waals surface area contributed by atoms with Crippen LogP contribution in [-0.4, -0.2) is 59.5 Å². The van der Waals surface area contributed by atoms with Crippen molar-refractivity contribution in [1.82, 2.24) is 4.90 Å². The van der Waals surface area contributed by atoms with E-state index in [2.05, 4.69) is 31.9 Å². The maximum Gasteiger partial charge on any atom is 0.338 e. The second-order valence-electron chi connectivity index (χ2n) is 11.6. The maximum absolute atomic E-state index is 13.8. The molecule has 0 bridgehead atoms. The number of imide groups is 1. The molecule has 5 aromatic rings. The summed E-state index contributed by atoms with van der Waals surface area (Å²) in [6, 6.07) is 10.3. The van der Waals surface area contributed by atoms with Gasteiger partial charge in [-0.05, 0) is 54.3 Å². The van der Waals surface area contributed by atoms with Crippen molar-refractivity contribution in [3.05, 3.63) is 67.6 Å². The second-order valence-corrected chi connectivity index (χ2v) is 13.3. The minimum atomic E-state index is -1.00. The molecule has 1 aliphatic heterocycles. The summed E-state index contributed by atoms with van der Waals surface area (Å²) >= 11 is 7.42. The van der Waals surface area contributed by atoms with Gasteiger partial charge in [0.2, 0.25) is 0 Å². The Bertz CT molecular complexity index is 2140. The predicted octanol–water partition coefficient (Wildman–Crippen LogP) is 8.64. The van der Waals surface area contributed by atoms with E-state index >= 15 is 0 Å². The Balaban J connectivity index is 1.66. The van der Waals surface area contributed by atoms with Gasteiger partial charge in [-0.1, -0.05) is 70.7 Å². The molecule has 9 nitrogen and oxygen atoms in total. The van der Waals surface area contributed by atoms with E-state index in [1.165, 1.54) is 0 Å². The first-order chi connectivity index (χ1) is 22.6. The van der Waals surface area contributed by atoms with E-state index in [4.69, 9.17) is 14.6 Å². The average molecular weight is 765 g/mol. The zero-order valence-corrected chi connectivity index (χ0v) is 29.0. The Hall–Kier alpha value is -4.09. The molecule has 0 saturated carbocycles. The third-order valence-electron chi connectivity index (χ3n) is 8.63. The minimum Gasteiger partial charge on any atom is -0.481 e. The molecule has 242 valence electrons. The highest BCUT2D eigenvalue weighted by molar-refractivity contribution is 9.11. The van der Waals surface area contributed by atoms with E-state index in [1.54, 1.807) is 24.3 Å². The quantitative estimate of drug-likeness (QED) is 0.0440. The van der Waals surface area contributed by atoms with Crippen molar-refractivity contribution in [2.75, 3.05) is 19.8 Å². The summed E-state index contributed by atoms with van der Waals surface area (Å²) in [6.45, 7) is 4.46. The molecule has 6 rings (SSSR count). The number of amides is 2. The highest BCUT2D eigenvalue weighted by atomic mass is 79.9. The fraction of sp³-hybridized carbons (Fsp3) is 0.306. The number of rotatable bonds is 12. The van der Waals surface area contributed by atoms with E-state index in [9.17, 15) is 24.0 Å². The molecule has 0 saturated heterocycles. The standard InChI is InChI=1S/C36H31Br2NO8/c1-3-5-14-46-35(44)21-12-10-19-29-24(37)16-22-27-20(33(42)39(34(22)43)13-7-8-26(40)41)11-9-18(31(27)29)30-25(38)17-23(28(21)32(19)30)36(45)47-15-6-4-2/h9-12,16-17H,3-8,13-15H2,1-2H3,(H,40,41). The van der Waals surface area contributed by atoms with Gasteiger partial charge in [-0.2, -0.15) is 0 Å². The van der Waals surface area contributed by atoms with Crippen LogP contribution >= 0.6 is 31.9 Å². The van der Waals surface area contributed by atoms with Gasteiger partial charge in [0, 0.05) is 65.4 Å². The number of fused-ring (bicyclic) bond motifs is 2. The number of carbonyl (C=O) groups is 5. The zero-order valence-electron chi connectivity index (χ0n) is 25.8. The van der Waals surface area contributed by atoms with E-state index in [-0.39, 0.29) is 43.7 Å². The summed E-state index contributed by atoms with van der Waals surface area (Å²) in [5.74, 6) is -3.09. The van der Waals surface area contributed by atoms with Crippen molar-refractivity contribution in [1.29, 1.82) is 0 Å². The molecule has 1 N–H and O–H groups in total. The number of unbranched alkanes of at least 4 members (excludes halogenated alkanes) is 2. The van der Waals surface area contributed by atoms with Gasteiger partial charge in [-0.25, -0.2) is 9.59 Å². The molecule has 0 unspecified atom stereocenters. The first kappa shape index (κ1) is 32.8. The molecule has 2 amide bonds. The lowest BCUT2D eigenvalue weighted by Gasteiger charge is -2.29. The Morgan fingerprint density at radius 2 is 1.23 bits per heavy atom. The van der Waals surface area contributed by atoms with Gasteiger partial charge in [0.25, 0.3) is 11.8 Å². The summed E-state index contributed by atoms with van der Waals surface area (Å²) in [5, 5.41) is 14.2. The van der Waals surface area contributed by atoms with Crippen molar-refractivity contribution >= 4 is 105 Å². The van der Waals surface area contributed by atoms with E-state index in [1.807, 2.05) is 26.0 Å². The summed E-state index contributed by atoms with van der Waals surface area (Å²) in [4.78, 5) is 66.8. The monoisotopic (exact) mass is 763 g/mol. The fourth-order valence-corrected chi connectivity index (χ4v) is 7.72. The number of carboxylic acids is 1. The Morgan fingerprint density at radius 3 is 1.85 bits per heavy atom. The lowest BCUT2D eigenvalue weighted by molar-refractivity contribution is -0.137. The number of carbonyl (C=O) groups excluding carboxylic acids is 4. The van der Waals surface area contributed by atoms with Crippen LogP contribution in [0.5, 0.6) is 0 Å². The Morgan fingerprint density at radius 1 is 0.681 bits per heavy atom. The van der Waals surface area contributed by atoms with Gasteiger partial charge < -0.3 is 14.6 Å². The summed E-state index contributed by atoms with van der Waals surface area (Å²) < 4.78 is 12.4. The second kappa shape index (κ2) is 13.2. The van der Waals surface area contributed by atoms with Crippen molar-refractivity contribution in [3.63, 3.8) is 0 Å². The van der Waals surface area contributed by atoms with Crippen LogP contribution in [0, 0.1) is 0 Å². The highest BCUT2D eigenvalue weighted by Crippen LogP contribution is 2.49. The summed E-state index contributed by atoms with van der Waals surface area (Å²) in [6.07, 6.45) is 3.06. The fourth-order valence-electron chi connectivity index (χ4n) is 6.43. The third kappa shape index (κ3) is 5.53. The lowest BCUT2D eigenvalue weighted by atomic mass is 9.83. The number of hydrogen-bond donors (Lipinski definition) is 1. The highest BCUT2D eigenvalue weighted by Gasteiger charge is 2.35. The van der Waals surface area contributed by atoms with Crippen LogP contribution in [-0.2, 0) is 14.3 Å². The number of aliphatic carboxylic acids is 1. The normalized spacial score (nSPS) is 13.0.